The Morgan fingerprint density at radius 2 is 1.69 bits per heavy atom. The van der Waals surface area contributed by atoms with Crippen molar-refractivity contribution in [3.8, 4) is 0 Å². The third kappa shape index (κ3) is 3.82. The first-order valence-electron chi connectivity index (χ1n) is 6.63. The van der Waals surface area contributed by atoms with Gasteiger partial charge >= 0.3 is 0 Å². The molecule has 0 aromatic rings. The molecule has 2 atom stereocenters. The van der Waals surface area contributed by atoms with Crippen molar-refractivity contribution in [2.75, 3.05) is 13.6 Å². The van der Waals surface area contributed by atoms with Crippen LogP contribution in [0.5, 0.6) is 0 Å². The van der Waals surface area contributed by atoms with Gasteiger partial charge in [-0.1, -0.05) is 53.5 Å². The maximum atomic E-state index is 5.69. The fourth-order valence-electron chi connectivity index (χ4n) is 2.53. The minimum atomic E-state index is 0.559. The molecule has 0 aromatic carbocycles. The van der Waals surface area contributed by atoms with Gasteiger partial charge in [0.05, 0.1) is 0 Å². The van der Waals surface area contributed by atoms with Crippen LogP contribution in [0.1, 0.15) is 47.0 Å². The molecule has 2 unspecified atom stereocenters. The summed E-state index contributed by atoms with van der Waals surface area (Å²) in [4.78, 5) is 2.31. The van der Waals surface area contributed by atoms with Crippen LogP contribution in [0, 0.1) is 11.8 Å². The molecular weight excluding hydrogens is 196 g/mol. The maximum Gasteiger partial charge on any atom is 0.0337 e. The highest BCUT2D eigenvalue weighted by molar-refractivity contribution is 4.99. The Hall–Kier alpha value is -0.500. The Kier molecular flexibility index (Phi) is 7.48. The molecule has 0 spiro atoms. The van der Waals surface area contributed by atoms with Gasteiger partial charge in [0.25, 0.3) is 0 Å². The Morgan fingerprint density at radius 1 is 1.19 bits per heavy atom. The van der Waals surface area contributed by atoms with Crippen LogP contribution in [0.2, 0.25) is 0 Å². The molecule has 0 fully saturated rings. The van der Waals surface area contributed by atoms with Crippen molar-refractivity contribution in [3.05, 3.63) is 12.3 Å². The van der Waals surface area contributed by atoms with E-state index in [-0.39, 0.29) is 0 Å². The lowest BCUT2D eigenvalue weighted by Gasteiger charge is -2.40. The van der Waals surface area contributed by atoms with Crippen molar-refractivity contribution < 1.29 is 0 Å². The number of nitrogens with zero attached hydrogens (tertiary/aromatic N) is 1. The Bertz CT molecular complexity index is 197. The Morgan fingerprint density at radius 3 is 2.00 bits per heavy atom. The molecule has 16 heavy (non-hydrogen) atoms. The minimum absolute atomic E-state index is 0.559. The summed E-state index contributed by atoms with van der Waals surface area (Å²) in [6.45, 7) is 13.8. The molecule has 0 saturated heterocycles. The molecule has 0 heterocycles. The van der Waals surface area contributed by atoms with Crippen LogP contribution in [0.15, 0.2) is 12.3 Å². The summed E-state index contributed by atoms with van der Waals surface area (Å²) in [5.74, 6) is 1.43. The van der Waals surface area contributed by atoms with Crippen molar-refractivity contribution in [1.29, 1.82) is 0 Å². The monoisotopic (exact) mass is 226 g/mol. The zero-order valence-corrected chi connectivity index (χ0v) is 11.8. The summed E-state index contributed by atoms with van der Waals surface area (Å²) in [5, 5.41) is 0. The molecule has 2 nitrogen and oxygen atoms in total. The Balaban J connectivity index is 4.84. The highest BCUT2D eigenvalue weighted by Crippen LogP contribution is 2.27. The van der Waals surface area contributed by atoms with Gasteiger partial charge in [-0.3, -0.25) is 0 Å². The molecule has 0 rings (SSSR count). The maximum absolute atomic E-state index is 5.69. The van der Waals surface area contributed by atoms with Crippen LogP contribution < -0.4 is 5.73 Å². The third-order valence-electron chi connectivity index (χ3n) is 3.94. The van der Waals surface area contributed by atoms with E-state index in [4.69, 9.17) is 5.73 Å². The van der Waals surface area contributed by atoms with Crippen LogP contribution in [0.3, 0.4) is 0 Å². The van der Waals surface area contributed by atoms with Gasteiger partial charge in [-0.25, -0.2) is 0 Å². The van der Waals surface area contributed by atoms with Gasteiger partial charge in [-0.05, 0) is 11.8 Å². The van der Waals surface area contributed by atoms with E-state index in [9.17, 15) is 0 Å². The zero-order valence-electron chi connectivity index (χ0n) is 11.8. The van der Waals surface area contributed by atoms with Crippen molar-refractivity contribution in [3.63, 3.8) is 0 Å². The first-order valence-corrected chi connectivity index (χ1v) is 6.63. The second kappa shape index (κ2) is 7.72. The molecule has 2 heteroatoms. The van der Waals surface area contributed by atoms with Crippen LogP contribution in [-0.4, -0.2) is 24.5 Å². The van der Waals surface area contributed by atoms with Gasteiger partial charge in [-0.15, -0.1) is 0 Å². The fraction of sp³-hybridized carbons (Fsp3) is 0.857. The molecule has 0 bridgehead atoms. The van der Waals surface area contributed by atoms with Crippen molar-refractivity contribution in [1.82, 2.24) is 4.90 Å². The average molecular weight is 226 g/mol. The molecule has 0 radical (unpaired) electrons. The van der Waals surface area contributed by atoms with Crippen molar-refractivity contribution >= 4 is 0 Å². The molecule has 0 aliphatic rings. The molecule has 0 aromatic heterocycles. The molecule has 96 valence electrons. The van der Waals surface area contributed by atoms with Crippen LogP contribution in [0.4, 0.5) is 0 Å². The lowest BCUT2D eigenvalue weighted by atomic mass is 9.83. The molecular formula is C14H30N2. The van der Waals surface area contributed by atoms with Gasteiger partial charge in [0.1, 0.15) is 0 Å². The zero-order chi connectivity index (χ0) is 12.7. The van der Waals surface area contributed by atoms with E-state index in [0.29, 0.717) is 18.5 Å². The number of nitrogens with two attached hydrogens (primary N) is 1. The van der Waals surface area contributed by atoms with E-state index >= 15 is 0 Å². The van der Waals surface area contributed by atoms with E-state index in [1.807, 2.05) is 0 Å². The first-order chi connectivity index (χ1) is 7.53. The van der Waals surface area contributed by atoms with Gasteiger partial charge in [-0.2, -0.15) is 0 Å². The summed E-state index contributed by atoms with van der Waals surface area (Å²) in [7, 11) is 2.14. The van der Waals surface area contributed by atoms with Gasteiger partial charge in [0, 0.05) is 25.3 Å². The highest BCUT2D eigenvalue weighted by Gasteiger charge is 2.27. The molecule has 0 amide bonds. The molecule has 0 aliphatic heterocycles. The van der Waals surface area contributed by atoms with Gasteiger partial charge in [0.2, 0.25) is 0 Å². The number of likely N-dealkylation sites (N-methyl/N-ethyl adjacent to an activating group) is 1. The average Bonchev–Trinajstić information content (AvgIpc) is 2.32. The fourth-order valence-corrected chi connectivity index (χ4v) is 2.53. The van der Waals surface area contributed by atoms with Crippen molar-refractivity contribution in [2.24, 2.45) is 17.6 Å². The van der Waals surface area contributed by atoms with Gasteiger partial charge < -0.3 is 10.6 Å². The van der Waals surface area contributed by atoms with E-state index < -0.39 is 0 Å². The lowest BCUT2D eigenvalue weighted by molar-refractivity contribution is 0.144. The SMILES string of the molecule is C=C(CN)N(C)C(C(C)CC)C(CC)CC. The van der Waals surface area contributed by atoms with Gasteiger partial charge in [0.15, 0.2) is 0 Å². The topological polar surface area (TPSA) is 29.3 Å². The van der Waals surface area contributed by atoms with Crippen molar-refractivity contribution in [2.45, 2.75) is 53.0 Å². The predicted octanol–water partition coefficient (Wildman–Crippen LogP) is 3.24. The molecule has 2 N–H and O–H groups in total. The summed E-state index contributed by atoms with van der Waals surface area (Å²) in [6, 6.07) is 0.580. The van der Waals surface area contributed by atoms with Crippen LogP contribution >= 0.6 is 0 Å². The number of hydrogen-bond donors (Lipinski definition) is 1. The lowest BCUT2D eigenvalue weighted by Crippen LogP contribution is -2.43. The number of hydrogen-bond acceptors (Lipinski definition) is 2. The Labute approximate surface area is 102 Å². The summed E-state index contributed by atoms with van der Waals surface area (Å²) in [6.07, 6.45) is 3.67. The summed E-state index contributed by atoms with van der Waals surface area (Å²) in [5.41, 5.74) is 6.75. The second-order valence-electron chi connectivity index (χ2n) is 4.83. The largest absolute Gasteiger partial charge is 0.374 e. The third-order valence-corrected chi connectivity index (χ3v) is 3.94. The smallest absolute Gasteiger partial charge is 0.0337 e. The molecule has 0 saturated carbocycles. The highest BCUT2D eigenvalue weighted by atomic mass is 15.2. The minimum Gasteiger partial charge on any atom is -0.374 e. The van der Waals surface area contributed by atoms with Crippen LogP contribution in [-0.2, 0) is 0 Å². The standard InChI is InChI=1S/C14H30N2/c1-7-11(4)14(13(8-2)9-3)16(6)12(5)10-15/h11,13-14H,5,7-10,15H2,1-4,6H3. The van der Waals surface area contributed by atoms with E-state index in [2.05, 4.69) is 46.2 Å². The van der Waals surface area contributed by atoms with E-state index in [1.165, 1.54) is 19.3 Å². The second-order valence-corrected chi connectivity index (χ2v) is 4.83. The predicted molar refractivity (Wildman–Crippen MR) is 73.3 cm³/mol. The summed E-state index contributed by atoms with van der Waals surface area (Å²) >= 11 is 0. The quantitative estimate of drug-likeness (QED) is 0.688. The van der Waals surface area contributed by atoms with E-state index in [0.717, 1.165) is 11.6 Å². The molecule has 0 aliphatic carbocycles. The van der Waals surface area contributed by atoms with Crippen LogP contribution in [0.25, 0.3) is 0 Å². The number of rotatable bonds is 8. The first kappa shape index (κ1) is 15.5. The normalized spacial score (nSPS) is 14.9. The van der Waals surface area contributed by atoms with E-state index in [1.54, 1.807) is 0 Å². The summed E-state index contributed by atoms with van der Waals surface area (Å²) < 4.78 is 0.